The number of hydrogen-bond acceptors (Lipinski definition) is 6. The first-order valence-corrected chi connectivity index (χ1v) is 7.86. The minimum Gasteiger partial charge on any atom is -0.493 e. The number of hydrogen-bond donors (Lipinski definition) is 3. The topological polar surface area (TPSA) is 84.1 Å². The standard InChI is InChI=1S/C16H26N4O4/c1-20(6-5-11-9-17-18-10-11)16(21)19-12-7-13(22-2)15(24-4)14(8-12)23-3/h7-8,11,17-18H,5-6,9-10H2,1-4H3,(H,19,21). The Labute approximate surface area is 142 Å². The molecule has 1 aliphatic heterocycles. The predicted octanol–water partition coefficient (Wildman–Crippen LogP) is 1.29. The van der Waals surface area contributed by atoms with E-state index >= 15 is 0 Å². The molecule has 24 heavy (non-hydrogen) atoms. The molecular weight excluding hydrogens is 312 g/mol. The molecule has 1 saturated heterocycles. The summed E-state index contributed by atoms with van der Waals surface area (Å²) < 4.78 is 15.9. The van der Waals surface area contributed by atoms with Crippen molar-refractivity contribution >= 4 is 11.7 Å². The van der Waals surface area contributed by atoms with E-state index in [1.54, 1.807) is 45.4 Å². The summed E-state index contributed by atoms with van der Waals surface area (Å²) in [6.45, 7) is 2.55. The summed E-state index contributed by atoms with van der Waals surface area (Å²) in [5.41, 5.74) is 6.77. The quantitative estimate of drug-likeness (QED) is 0.695. The Balaban J connectivity index is 1.99. The van der Waals surface area contributed by atoms with Crippen LogP contribution in [0, 0.1) is 5.92 Å². The van der Waals surface area contributed by atoms with Crippen LogP contribution >= 0.6 is 0 Å². The number of nitrogens with zero attached hydrogens (tertiary/aromatic N) is 1. The van der Waals surface area contributed by atoms with Crippen molar-refractivity contribution < 1.29 is 19.0 Å². The lowest BCUT2D eigenvalue weighted by Gasteiger charge is -2.20. The molecule has 1 aromatic rings. The number of amides is 2. The van der Waals surface area contributed by atoms with Gasteiger partial charge < -0.3 is 24.4 Å². The van der Waals surface area contributed by atoms with Crippen LogP contribution in [0.3, 0.4) is 0 Å². The highest BCUT2D eigenvalue weighted by molar-refractivity contribution is 5.90. The minimum absolute atomic E-state index is 0.178. The fourth-order valence-corrected chi connectivity index (χ4v) is 2.56. The van der Waals surface area contributed by atoms with E-state index in [4.69, 9.17) is 14.2 Å². The van der Waals surface area contributed by atoms with Crippen LogP contribution in [0.2, 0.25) is 0 Å². The maximum atomic E-state index is 12.3. The molecule has 2 amide bonds. The van der Waals surface area contributed by atoms with E-state index in [0.717, 1.165) is 19.5 Å². The maximum absolute atomic E-state index is 12.3. The molecule has 1 aliphatic rings. The molecule has 1 aromatic carbocycles. The first kappa shape index (κ1) is 18.2. The van der Waals surface area contributed by atoms with E-state index in [1.165, 1.54) is 0 Å². The predicted molar refractivity (Wildman–Crippen MR) is 91.9 cm³/mol. The van der Waals surface area contributed by atoms with Crippen LogP contribution < -0.4 is 30.4 Å². The molecule has 8 heteroatoms. The van der Waals surface area contributed by atoms with Crippen LogP contribution in [-0.2, 0) is 0 Å². The van der Waals surface area contributed by atoms with Crippen molar-refractivity contribution in [1.82, 2.24) is 15.8 Å². The molecule has 2 rings (SSSR count). The van der Waals surface area contributed by atoms with Crippen LogP contribution in [0.5, 0.6) is 17.2 Å². The van der Waals surface area contributed by atoms with Crippen molar-refractivity contribution in [3.8, 4) is 17.2 Å². The van der Waals surface area contributed by atoms with Crippen molar-refractivity contribution in [2.45, 2.75) is 6.42 Å². The number of anilines is 1. The van der Waals surface area contributed by atoms with Gasteiger partial charge in [0.15, 0.2) is 11.5 Å². The van der Waals surface area contributed by atoms with Crippen LogP contribution in [0.1, 0.15) is 6.42 Å². The van der Waals surface area contributed by atoms with Gasteiger partial charge in [0.1, 0.15) is 0 Å². The molecule has 0 radical (unpaired) electrons. The largest absolute Gasteiger partial charge is 0.493 e. The highest BCUT2D eigenvalue weighted by atomic mass is 16.5. The smallest absolute Gasteiger partial charge is 0.321 e. The van der Waals surface area contributed by atoms with Crippen LogP contribution in [0.4, 0.5) is 10.5 Å². The van der Waals surface area contributed by atoms with E-state index in [0.29, 0.717) is 35.4 Å². The second-order valence-electron chi connectivity index (χ2n) is 5.68. The van der Waals surface area contributed by atoms with Gasteiger partial charge >= 0.3 is 6.03 Å². The van der Waals surface area contributed by atoms with Gasteiger partial charge in [0.05, 0.1) is 27.0 Å². The van der Waals surface area contributed by atoms with E-state index in [-0.39, 0.29) is 6.03 Å². The molecule has 3 N–H and O–H groups in total. The number of nitrogens with one attached hydrogen (secondary N) is 3. The van der Waals surface area contributed by atoms with Gasteiger partial charge in [-0.25, -0.2) is 4.79 Å². The Morgan fingerprint density at radius 3 is 2.25 bits per heavy atom. The lowest BCUT2D eigenvalue weighted by Crippen LogP contribution is -2.33. The highest BCUT2D eigenvalue weighted by Crippen LogP contribution is 2.39. The second kappa shape index (κ2) is 8.60. The number of ether oxygens (including phenoxy) is 3. The second-order valence-corrected chi connectivity index (χ2v) is 5.68. The van der Waals surface area contributed by atoms with Crippen molar-refractivity contribution in [3.63, 3.8) is 0 Å². The fraction of sp³-hybridized carbons (Fsp3) is 0.562. The number of carbonyl (C=O) groups excluding carboxylic acids is 1. The van der Waals surface area contributed by atoms with Crippen molar-refractivity contribution in [2.75, 3.05) is 53.3 Å². The van der Waals surface area contributed by atoms with Crippen molar-refractivity contribution in [1.29, 1.82) is 0 Å². The van der Waals surface area contributed by atoms with Gasteiger partial charge in [-0.1, -0.05) is 0 Å². The molecule has 0 saturated carbocycles. The summed E-state index contributed by atoms with van der Waals surface area (Å²) in [4.78, 5) is 14.0. The number of benzene rings is 1. The first-order valence-electron chi connectivity index (χ1n) is 7.86. The zero-order chi connectivity index (χ0) is 17.5. The molecule has 1 heterocycles. The summed E-state index contributed by atoms with van der Waals surface area (Å²) in [6, 6.07) is 3.23. The molecule has 0 spiro atoms. The monoisotopic (exact) mass is 338 g/mol. The maximum Gasteiger partial charge on any atom is 0.321 e. The number of hydrazine groups is 1. The summed E-state index contributed by atoms with van der Waals surface area (Å²) >= 11 is 0. The number of rotatable bonds is 7. The Hall–Kier alpha value is -2.19. The van der Waals surface area contributed by atoms with E-state index in [9.17, 15) is 4.79 Å². The zero-order valence-corrected chi connectivity index (χ0v) is 14.6. The zero-order valence-electron chi connectivity index (χ0n) is 14.6. The van der Waals surface area contributed by atoms with Gasteiger partial charge in [0, 0.05) is 38.8 Å². The van der Waals surface area contributed by atoms with Gasteiger partial charge in [-0.3, -0.25) is 10.9 Å². The third kappa shape index (κ3) is 4.42. The third-order valence-electron chi connectivity index (χ3n) is 4.04. The lowest BCUT2D eigenvalue weighted by atomic mass is 10.1. The molecule has 1 fully saturated rings. The van der Waals surface area contributed by atoms with Gasteiger partial charge in [-0.15, -0.1) is 0 Å². The van der Waals surface area contributed by atoms with Crippen molar-refractivity contribution in [3.05, 3.63) is 12.1 Å². The van der Waals surface area contributed by atoms with Crippen molar-refractivity contribution in [2.24, 2.45) is 5.92 Å². The van der Waals surface area contributed by atoms with Gasteiger partial charge in [0.2, 0.25) is 5.75 Å². The van der Waals surface area contributed by atoms with Gasteiger partial charge in [-0.05, 0) is 12.3 Å². The lowest BCUT2D eigenvalue weighted by molar-refractivity contribution is 0.219. The Morgan fingerprint density at radius 2 is 1.75 bits per heavy atom. The Morgan fingerprint density at radius 1 is 1.17 bits per heavy atom. The molecule has 0 aliphatic carbocycles. The molecule has 0 bridgehead atoms. The summed E-state index contributed by atoms with van der Waals surface area (Å²) in [6.07, 6.45) is 0.944. The average Bonchev–Trinajstić information content (AvgIpc) is 3.12. The SMILES string of the molecule is COc1cc(NC(=O)N(C)CCC2CNNC2)cc(OC)c1OC. The fourth-order valence-electron chi connectivity index (χ4n) is 2.56. The van der Waals surface area contributed by atoms with Crippen LogP contribution in [-0.4, -0.2) is 58.9 Å². The molecular formula is C16H26N4O4. The molecule has 0 aromatic heterocycles. The van der Waals surface area contributed by atoms with Crippen LogP contribution in [0.15, 0.2) is 12.1 Å². The van der Waals surface area contributed by atoms with Crippen LogP contribution in [0.25, 0.3) is 0 Å². The molecule has 8 nitrogen and oxygen atoms in total. The number of methoxy groups -OCH3 is 3. The van der Waals surface area contributed by atoms with E-state index in [2.05, 4.69) is 16.2 Å². The average molecular weight is 338 g/mol. The van der Waals surface area contributed by atoms with E-state index in [1.807, 2.05) is 0 Å². The summed E-state index contributed by atoms with van der Waals surface area (Å²) in [7, 11) is 6.40. The summed E-state index contributed by atoms with van der Waals surface area (Å²) in [5, 5.41) is 2.86. The molecule has 0 unspecified atom stereocenters. The molecule has 0 atom stereocenters. The molecule has 134 valence electrons. The van der Waals surface area contributed by atoms with Gasteiger partial charge in [0.25, 0.3) is 0 Å². The summed E-state index contributed by atoms with van der Waals surface area (Å²) in [5.74, 6) is 2.03. The Kier molecular flexibility index (Phi) is 6.51. The third-order valence-corrected chi connectivity index (χ3v) is 4.04. The first-order chi connectivity index (χ1) is 11.6. The highest BCUT2D eigenvalue weighted by Gasteiger charge is 2.18. The Bertz CT molecular complexity index is 536. The number of urea groups is 1. The van der Waals surface area contributed by atoms with Gasteiger partial charge in [-0.2, -0.15) is 0 Å². The minimum atomic E-state index is -0.178. The number of carbonyl (C=O) groups is 1. The van der Waals surface area contributed by atoms with E-state index < -0.39 is 0 Å². The normalized spacial score (nSPS) is 14.3.